The summed E-state index contributed by atoms with van der Waals surface area (Å²) in [5, 5.41) is -0.196. The van der Waals surface area contributed by atoms with Crippen LogP contribution < -0.4 is 0 Å². The molecule has 0 aliphatic carbocycles. The van der Waals surface area contributed by atoms with Crippen LogP contribution in [0.4, 0.5) is 0 Å². The number of nitrogens with zero attached hydrogens (tertiary/aromatic N) is 1. The Morgan fingerprint density at radius 1 is 0.930 bits per heavy atom. The van der Waals surface area contributed by atoms with Crippen molar-refractivity contribution in [2.24, 2.45) is 0 Å². The van der Waals surface area contributed by atoms with Crippen LogP contribution >= 0.6 is 15.0 Å². The molecule has 43 heavy (non-hydrogen) atoms. The van der Waals surface area contributed by atoms with E-state index in [-0.39, 0.29) is 42.8 Å². The van der Waals surface area contributed by atoms with E-state index in [2.05, 4.69) is 72.6 Å². The summed E-state index contributed by atoms with van der Waals surface area (Å²) in [5.41, 5.74) is 0. The fourth-order valence-corrected chi connectivity index (χ4v) is 9.56. The molecule has 0 aromatic heterocycles. The van der Waals surface area contributed by atoms with Crippen molar-refractivity contribution < 1.29 is 47.2 Å². The quantitative estimate of drug-likeness (QED) is 0.0877. The van der Waals surface area contributed by atoms with Gasteiger partial charge in [0.2, 0.25) is 6.54 Å². The van der Waals surface area contributed by atoms with Crippen LogP contribution in [0.5, 0.6) is 0 Å². The monoisotopic (exact) mass is 703 g/mol. The summed E-state index contributed by atoms with van der Waals surface area (Å²) in [6.45, 7) is 28.3. The lowest BCUT2D eigenvalue weighted by Gasteiger charge is -2.40. The SMILES string of the molecule is [2H]C[C@H]1O[C@@H](C)[C@@H](O[Si](C)(C)C(C)(C)C)C1OP(=S)(OCC[N+]#[C-])OC[C@H]1O[C@@H](C)[C@@H](O[Si](C)(C)C(C)(C)C)C1O[P+](=O)O. The predicted molar refractivity (Wildman–Crippen MR) is 176 cm³/mol. The topological polar surface area (TPSA) is 116 Å². The van der Waals surface area contributed by atoms with Crippen molar-refractivity contribution in [3.63, 3.8) is 0 Å². The molecule has 0 aromatic rings. The van der Waals surface area contributed by atoms with Crippen molar-refractivity contribution in [3.05, 3.63) is 11.4 Å². The van der Waals surface area contributed by atoms with Crippen LogP contribution in [-0.4, -0.2) is 90.1 Å². The highest BCUT2D eigenvalue weighted by molar-refractivity contribution is 8.07. The van der Waals surface area contributed by atoms with E-state index in [9.17, 15) is 9.46 Å². The van der Waals surface area contributed by atoms with Gasteiger partial charge >= 0.3 is 15.0 Å². The molecular formula is C27H54NO10P2SSi2+. The van der Waals surface area contributed by atoms with Crippen LogP contribution in [0.25, 0.3) is 4.85 Å². The van der Waals surface area contributed by atoms with E-state index in [1.54, 1.807) is 0 Å². The smallest absolute Gasteiger partial charge is 0.409 e. The maximum absolute atomic E-state index is 11.9. The summed E-state index contributed by atoms with van der Waals surface area (Å²) in [4.78, 5) is 13.1. The molecule has 2 saturated heterocycles. The van der Waals surface area contributed by atoms with Gasteiger partial charge in [-0.15, -0.1) is 9.42 Å². The van der Waals surface area contributed by atoms with E-state index in [1.165, 1.54) is 0 Å². The minimum Gasteiger partial charge on any atom is -0.409 e. The van der Waals surface area contributed by atoms with Crippen molar-refractivity contribution in [3.8, 4) is 0 Å². The van der Waals surface area contributed by atoms with Crippen molar-refractivity contribution >= 4 is 43.4 Å². The molecule has 11 nitrogen and oxygen atoms in total. The zero-order valence-corrected chi connectivity index (χ0v) is 32.4. The molecule has 2 rings (SSSR count). The first-order valence-electron chi connectivity index (χ1n) is 15.4. The molecule has 0 bridgehead atoms. The Bertz CT molecular complexity index is 1070. The highest BCUT2D eigenvalue weighted by atomic mass is 32.5. The van der Waals surface area contributed by atoms with Crippen LogP contribution in [-0.2, 0) is 52.8 Å². The average molecular weight is 704 g/mol. The number of hydrogen-bond acceptors (Lipinski definition) is 10. The van der Waals surface area contributed by atoms with Crippen molar-refractivity contribution in [1.29, 1.82) is 0 Å². The summed E-state index contributed by atoms with van der Waals surface area (Å²) in [5.74, 6) is 0. The summed E-state index contributed by atoms with van der Waals surface area (Å²) >= 11 is 5.87. The Balaban J connectivity index is 2.35. The fraction of sp³-hybridized carbons (Fsp3) is 0.963. The molecule has 1 N–H and O–H groups in total. The highest BCUT2D eigenvalue weighted by Crippen LogP contribution is 2.54. The highest BCUT2D eigenvalue weighted by Gasteiger charge is 2.54. The maximum atomic E-state index is 11.9. The zero-order valence-electron chi connectivity index (χ0n) is 28.8. The second-order valence-electron chi connectivity index (χ2n) is 14.3. The average Bonchev–Trinajstić information content (AvgIpc) is 3.31. The van der Waals surface area contributed by atoms with E-state index in [0.717, 1.165) is 0 Å². The lowest BCUT2D eigenvalue weighted by molar-refractivity contribution is -0.0200. The molecule has 0 radical (unpaired) electrons. The standard InChI is InChI=1S/C27H53NO10P2SSi2/c1-18-22(23(19(2)33-18)37-42(11,12)26(4,5)6)36-40(41,31-16-15-28-10)32-17-21-25(35-39(29)30)24(20(3)34-21)38-43(13,14)27(7,8)9/h18-25H,15-17H2,1-9,11-14H3/p+1/t18-,19+,20+,21-,22?,23-,24-,25?,40?/m1/s1/i1D. The molecule has 0 spiro atoms. The third-order valence-corrected chi connectivity index (χ3v) is 20.6. The van der Waals surface area contributed by atoms with E-state index < -0.39 is 74.3 Å². The Morgan fingerprint density at radius 3 is 1.91 bits per heavy atom. The Hall–Kier alpha value is 0.314. The second kappa shape index (κ2) is 15.0. The lowest BCUT2D eigenvalue weighted by atomic mass is 10.1. The van der Waals surface area contributed by atoms with Gasteiger partial charge in [0, 0.05) is 5.94 Å². The Kier molecular flexibility index (Phi) is 13.2. The molecule has 0 amide bonds. The summed E-state index contributed by atoms with van der Waals surface area (Å²) in [7, 11) is -7.56. The molecule has 2 aliphatic rings. The Labute approximate surface area is 268 Å². The number of rotatable bonds is 14. The normalized spacial score (nSPS) is 32.7. The maximum Gasteiger partial charge on any atom is 0.695 e. The van der Waals surface area contributed by atoms with E-state index >= 15 is 0 Å². The molecule has 0 aromatic carbocycles. The Morgan fingerprint density at radius 2 is 1.44 bits per heavy atom. The first-order valence-corrected chi connectivity index (χ1v) is 24.2. The van der Waals surface area contributed by atoms with Gasteiger partial charge in [-0.25, -0.2) is 6.57 Å². The van der Waals surface area contributed by atoms with Crippen LogP contribution in [0.2, 0.25) is 36.3 Å². The van der Waals surface area contributed by atoms with Crippen LogP contribution in [0.15, 0.2) is 0 Å². The van der Waals surface area contributed by atoms with Gasteiger partial charge in [0.15, 0.2) is 22.7 Å². The molecular weight excluding hydrogens is 648 g/mol. The molecule has 2 fully saturated rings. The van der Waals surface area contributed by atoms with Crippen LogP contribution in [0.1, 0.15) is 63.7 Å². The summed E-state index contributed by atoms with van der Waals surface area (Å²) in [6, 6.07) is 0. The van der Waals surface area contributed by atoms with Crippen molar-refractivity contribution in [2.75, 3.05) is 19.8 Å². The molecule has 0 saturated carbocycles. The molecule has 2 heterocycles. The summed E-state index contributed by atoms with van der Waals surface area (Å²) < 4.78 is 69.7. The van der Waals surface area contributed by atoms with Gasteiger partial charge in [-0.05, 0) is 68.8 Å². The molecule has 250 valence electrons. The first kappa shape index (κ1) is 37.8. The van der Waals surface area contributed by atoms with Gasteiger partial charge in [0.05, 0.1) is 24.9 Å². The van der Waals surface area contributed by atoms with E-state index in [4.69, 9.17) is 56.2 Å². The minimum absolute atomic E-state index is 0.0231. The van der Waals surface area contributed by atoms with Gasteiger partial charge in [-0.3, -0.25) is 4.52 Å². The predicted octanol–water partition coefficient (Wildman–Crippen LogP) is 6.96. The third-order valence-electron chi connectivity index (χ3n) is 8.87. The van der Waals surface area contributed by atoms with Crippen molar-refractivity contribution in [1.82, 2.24) is 0 Å². The molecule has 2 aliphatic heterocycles. The second-order valence-corrected chi connectivity index (χ2v) is 27.4. The van der Waals surface area contributed by atoms with E-state index in [0.29, 0.717) is 0 Å². The van der Waals surface area contributed by atoms with Crippen LogP contribution in [0, 0.1) is 6.57 Å². The van der Waals surface area contributed by atoms with Gasteiger partial charge < -0.3 is 32.2 Å². The van der Waals surface area contributed by atoms with Gasteiger partial charge in [-0.2, -0.15) is 0 Å². The van der Waals surface area contributed by atoms with Crippen molar-refractivity contribution in [2.45, 2.75) is 147 Å². The fourth-order valence-electron chi connectivity index (χ4n) is 4.28. The first-order chi connectivity index (χ1) is 20.0. The van der Waals surface area contributed by atoms with Gasteiger partial charge in [-0.1, -0.05) is 41.5 Å². The lowest BCUT2D eigenvalue weighted by Crippen LogP contribution is -2.49. The van der Waals surface area contributed by atoms with Gasteiger partial charge in [0.1, 0.15) is 31.0 Å². The van der Waals surface area contributed by atoms with E-state index in [1.807, 2.05) is 13.8 Å². The minimum atomic E-state index is -3.58. The zero-order chi connectivity index (χ0) is 33.9. The molecule has 10 atom stereocenters. The van der Waals surface area contributed by atoms with Crippen LogP contribution in [0.3, 0.4) is 0 Å². The molecule has 4 unspecified atom stereocenters. The largest absolute Gasteiger partial charge is 0.695 e. The third kappa shape index (κ3) is 10.4. The summed E-state index contributed by atoms with van der Waals surface area (Å²) in [6.07, 6.45) is -5.04. The number of hydrogen-bond donors (Lipinski definition) is 1. The molecule has 16 heteroatoms. The van der Waals surface area contributed by atoms with Gasteiger partial charge in [0.25, 0.3) is 0 Å². The number of ether oxygens (including phenoxy) is 2.